The lowest BCUT2D eigenvalue weighted by Crippen LogP contribution is -2.40. The molecule has 0 aromatic heterocycles. The van der Waals surface area contributed by atoms with Crippen LogP contribution in [0.15, 0.2) is 18.2 Å². The predicted molar refractivity (Wildman–Crippen MR) is 76.1 cm³/mol. The zero-order valence-electron chi connectivity index (χ0n) is 11.8. The van der Waals surface area contributed by atoms with Gasteiger partial charge in [-0.05, 0) is 30.5 Å². The minimum absolute atomic E-state index is 0.0488. The van der Waals surface area contributed by atoms with Crippen LogP contribution in [-0.4, -0.2) is 46.8 Å². The monoisotopic (exact) mass is 291 g/mol. The van der Waals surface area contributed by atoms with Crippen molar-refractivity contribution in [2.45, 2.75) is 19.4 Å². The van der Waals surface area contributed by atoms with E-state index in [0.717, 1.165) is 6.42 Å². The molecule has 0 aliphatic carbocycles. The third-order valence-electron chi connectivity index (χ3n) is 3.84. The Morgan fingerprint density at radius 1 is 1.48 bits per heavy atom. The van der Waals surface area contributed by atoms with Crippen molar-refractivity contribution in [1.82, 2.24) is 4.90 Å². The van der Waals surface area contributed by atoms with Crippen molar-refractivity contribution in [3.05, 3.63) is 35.1 Å². The van der Waals surface area contributed by atoms with Crippen LogP contribution < -0.4 is 0 Å². The fraction of sp³-hybridized carbons (Fsp3) is 0.438. The van der Waals surface area contributed by atoms with Crippen LogP contribution in [0.3, 0.4) is 0 Å². The van der Waals surface area contributed by atoms with Crippen LogP contribution in [0.25, 0.3) is 0 Å². The van der Waals surface area contributed by atoms with Crippen LogP contribution in [0.2, 0.25) is 0 Å². The van der Waals surface area contributed by atoms with E-state index >= 15 is 0 Å². The van der Waals surface area contributed by atoms with Gasteiger partial charge in [0, 0.05) is 12.1 Å². The third-order valence-corrected chi connectivity index (χ3v) is 3.84. The average molecular weight is 291 g/mol. The molecule has 21 heavy (non-hydrogen) atoms. The molecule has 0 bridgehead atoms. The SMILES string of the molecule is CC1CCN(C(=O)c2cc(C#CCO)ccc2F)C1CO. The van der Waals surface area contributed by atoms with Crippen LogP contribution in [-0.2, 0) is 0 Å². The lowest BCUT2D eigenvalue weighted by atomic mass is 10.0. The number of likely N-dealkylation sites (tertiary alicyclic amines) is 1. The van der Waals surface area contributed by atoms with Crippen molar-refractivity contribution < 1.29 is 19.4 Å². The van der Waals surface area contributed by atoms with Gasteiger partial charge in [-0.3, -0.25) is 4.79 Å². The van der Waals surface area contributed by atoms with E-state index in [0.29, 0.717) is 12.1 Å². The van der Waals surface area contributed by atoms with Gasteiger partial charge in [-0.25, -0.2) is 4.39 Å². The summed E-state index contributed by atoms with van der Waals surface area (Å²) in [5, 5.41) is 18.1. The summed E-state index contributed by atoms with van der Waals surface area (Å²) >= 11 is 0. The predicted octanol–water partition coefficient (Wildman–Crippen LogP) is 1.01. The summed E-state index contributed by atoms with van der Waals surface area (Å²) in [5.74, 6) is 4.28. The Bertz CT molecular complexity index is 591. The quantitative estimate of drug-likeness (QED) is 0.800. The standard InChI is InChI=1S/C16H18FNO3/c1-11-6-7-18(15(11)10-20)16(21)13-9-12(3-2-8-19)4-5-14(13)17/h4-5,9,11,15,19-20H,6-8,10H2,1H3. The first-order chi connectivity index (χ1) is 10.1. The van der Waals surface area contributed by atoms with Crippen molar-refractivity contribution in [1.29, 1.82) is 0 Å². The van der Waals surface area contributed by atoms with Crippen LogP contribution >= 0.6 is 0 Å². The van der Waals surface area contributed by atoms with E-state index in [1.807, 2.05) is 6.92 Å². The highest BCUT2D eigenvalue weighted by atomic mass is 19.1. The number of carbonyl (C=O) groups is 1. The number of nitrogens with zero attached hydrogens (tertiary/aromatic N) is 1. The zero-order valence-corrected chi connectivity index (χ0v) is 11.8. The molecule has 0 spiro atoms. The minimum atomic E-state index is -0.606. The highest BCUT2D eigenvalue weighted by Crippen LogP contribution is 2.26. The van der Waals surface area contributed by atoms with Crippen LogP contribution in [0, 0.1) is 23.6 Å². The lowest BCUT2D eigenvalue weighted by Gasteiger charge is -2.25. The van der Waals surface area contributed by atoms with Gasteiger partial charge in [0.15, 0.2) is 0 Å². The molecule has 1 saturated heterocycles. The fourth-order valence-electron chi connectivity index (χ4n) is 2.60. The maximum absolute atomic E-state index is 13.9. The second kappa shape index (κ2) is 6.70. The van der Waals surface area contributed by atoms with Crippen LogP contribution in [0.4, 0.5) is 4.39 Å². The van der Waals surface area contributed by atoms with Crippen LogP contribution in [0.5, 0.6) is 0 Å². The molecule has 1 aliphatic heterocycles. The first-order valence-electron chi connectivity index (χ1n) is 6.89. The summed E-state index contributed by atoms with van der Waals surface area (Å²) in [6.07, 6.45) is 0.794. The lowest BCUT2D eigenvalue weighted by molar-refractivity contribution is 0.0643. The fourth-order valence-corrected chi connectivity index (χ4v) is 2.60. The summed E-state index contributed by atoms with van der Waals surface area (Å²) in [7, 11) is 0. The molecule has 2 unspecified atom stereocenters. The smallest absolute Gasteiger partial charge is 0.257 e. The maximum Gasteiger partial charge on any atom is 0.257 e. The van der Waals surface area contributed by atoms with Crippen molar-refractivity contribution in [2.75, 3.05) is 19.8 Å². The van der Waals surface area contributed by atoms with Crippen LogP contribution in [0.1, 0.15) is 29.3 Å². The summed E-state index contributed by atoms with van der Waals surface area (Å²) < 4.78 is 13.9. The molecule has 1 amide bonds. The Morgan fingerprint density at radius 2 is 2.24 bits per heavy atom. The second-order valence-corrected chi connectivity index (χ2v) is 5.17. The highest BCUT2D eigenvalue weighted by Gasteiger charge is 2.35. The number of hydrogen-bond donors (Lipinski definition) is 2. The molecule has 1 aromatic rings. The third kappa shape index (κ3) is 3.23. The van der Waals surface area contributed by atoms with Gasteiger partial charge in [0.25, 0.3) is 5.91 Å². The molecule has 112 valence electrons. The molecule has 2 N–H and O–H groups in total. The molecule has 4 nitrogen and oxygen atoms in total. The molecule has 1 heterocycles. The van der Waals surface area contributed by atoms with Crippen molar-refractivity contribution in [3.63, 3.8) is 0 Å². The van der Waals surface area contributed by atoms with Gasteiger partial charge >= 0.3 is 0 Å². The van der Waals surface area contributed by atoms with E-state index in [4.69, 9.17) is 5.11 Å². The van der Waals surface area contributed by atoms with E-state index in [1.54, 1.807) is 0 Å². The van der Waals surface area contributed by atoms with Gasteiger partial charge in [-0.2, -0.15) is 0 Å². The molecule has 1 fully saturated rings. The molecule has 5 heteroatoms. The largest absolute Gasteiger partial charge is 0.394 e. The first kappa shape index (κ1) is 15.5. The molecular weight excluding hydrogens is 273 g/mol. The van der Waals surface area contributed by atoms with Gasteiger partial charge in [0.05, 0.1) is 18.2 Å². The van der Waals surface area contributed by atoms with E-state index < -0.39 is 11.7 Å². The van der Waals surface area contributed by atoms with Gasteiger partial charge < -0.3 is 15.1 Å². The second-order valence-electron chi connectivity index (χ2n) is 5.17. The normalized spacial score (nSPS) is 21.0. The molecule has 1 aromatic carbocycles. The number of hydrogen-bond acceptors (Lipinski definition) is 3. The summed E-state index contributed by atoms with van der Waals surface area (Å²) in [6.45, 7) is 2.06. The molecular formula is C16H18FNO3. The van der Waals surface area contributed by atoms with Gasteiger partial charge in [-0.15, -0.1) is 0 Å². The molecule has 0 saturated carbocycles. The highest BCUT2D eigenvalue weighted by molar-refractivity contribution is 5.95. The van der Waals surface area contributed by atoms with Crippen molar-refractivity contribution in [2.24, 2.45) is 5.92 Å². The number of halogens is 1. The summed E-state index contributed by atoms with van der Waals surface area (Å²) in [6, 6.07) is 3.77. The van der Waals surface area contributed by atoms with E-state index in [9.17, 15) is 14.3 Å². The minimum Gasteiger partial charge on any atom is -0.394 e. The zero-order chi connectivity index (χ0) is 15.4. The Labute approximate surface area is 123 Å². The van der Waals surface area contributed by atoms with Gasteiger partial charge in [-0.1, -0.05) is 18.8 Å². The number of rotatable bonds is 2. The number of aliphatic hydroxyl groups excluding tert-OH is 2. The molecule has 1 aliphatic rings. The van der Waals surface area contributed by atoms with Gasteiger partial charge in [0.2, 0.25) is 0 Å². The topological polar surface area (TPSA) is 60.8 Å². The van der Waals surface area contributed by atoms with E-state index in [2.05, 4.69) is 11.8 Å². The van der Waals surface area contributed by atoms with Gasteiger partial charge in [0.1, 0.15) is 12.4 Å². The number of aliphatic hydroxyl groups is 2. The Kier molecular flexibility index (Phi) is 4.94. The Hall–Kier alpha value is -1.90. The molecule has 2 atom stereocenters. The maximum atomic E-state index is 13.9. The van der Waals surface area contributed by atoms with Crippen molar-refractivity contribution in [3.8, 4) is 11.8 Å². The van der Waals surface area contributed by atoms with E-state index in [1.165, 1.54) is 23.1 Å². The number of carbonyl (C=O) groups excluding carboxylic acids is 1. The van der Waals surface area contributed by atoms with E-state index in [-0.39, 0.29) is 30.7 Å². The summed E-state index contributed by atoms with van der Waals surface area (Å²) in [4.78, 5) is 14.0. The number of benzene rings is 1. The number of amides is 1. The average Bonchev–Trinajstić information content (AvgIpc) is 2.86. The first-order valence-corrected chi connectivity index (χ1v) is 6.89. The Morgan fingerprint density at radius 3 is 2.90 bits per heavy atom. The summed E-state index contributed by atoms with van der Waals surface area (Å²) in [5.41, 5.74) is 0.425. The molecule has 0 radical (unpaired) electrons. The Balaban J connectivity index is 2.30. The van der Waals surface area contributed by atoms with Crippen molar-refractivity contribution >= 4 is 5.91 Å². The molecule has 2 rings (SSSR count).